The Bertz CT molecular complexity index is 8.00. The number of rotatable bonds is 0. The van der Waals surface area contributed by atoms with E-state index in [0.29, 0.717) is 0 Å². The average molecular weight is 152 g/mol. The van der Waals surface area contributed by atoms with Crippen molar-refractivity contribution in [3.63, 3.8) is 0 Å². The largest absolute Gasteiger partial charge is 0 e. The van der Waals surface area contributed by atoms with E-state index >= 15 is 0 Å². The number of hydrogen-bond donors (Lipinski definition) is 0. The standard InChI is InChI=1S/Ca.ClH.Fe.H2O.2H/h;1H;;1H2;;. The number of hydrogen-bond acceptors (Lipinski definition) is 0. The first-order valence-corrected chi connectivity index (χ1v) is 0. The Morgan fingerprint density at radius 1 is 1.00 bits per heavy atom. The predicted molar refractivity (Wildman–Crippen MR) is 19.4 cm³/mol. The molecule has 0 aliphatic carbocycles. The summed E-state index contributed by atoms with van der Waals surface area (Å²) in [5.74, 6) is 0. The molecule has 0 bridgehead atoms. The molecule has 0 spiro atoms. The zero-order valence-electron chi connectivity index (χ0n) is 1.26. The summed E-state index contributed by atoms with van der Waals surface area (Å²) in [6, 6.07) is 0. The minimum atomic E-state index is 0. The molecular formula is H5CaClFeO. The van der Waals surface area contributed by atoms with Crippen molar-refractivity contribution in [3.05, 3.63) is 0 Å². The van der Waals surface area contributed by atoms with Crippen LogP contribution in [0, 0.1) is 0 Å². The van der Waals surface area contributed by atoms with Crippen LogP contribution < -0.4 is 0 Å². The monoisotopic (exact) mass is 152 g/mol. The summed E-state index contributed by atoms with van der Waals surface area (Å²) in [6.07, 6.45) is 0. The van der Waals surface area contributed by atoms with E-state index in [2.05, 4.69) is 0 Å². The van der Waals surface area contributed by atoms with Gasteiger partial charge in [0.15, 0.2) is 0 Å². The van der Waals surface area contributed by atoms with Gasteiger partial charge in [-0.05, 0) is 0 Å². The molecule has 4 heteroatoms. The van der Waals surface area contributed by atoms with Crippen LogP contribution in [0.2, 0.25) is 0 Å². The molecule has 0 aromatic carbocycles. The third-order valence-electron chi connectivity index (χ3n) is 0. The minimum absolute atomic E-state index is 0. The molecule has 0 saturated carbocycles. The first-order valence-electron chi connectivity index (χ1n) is 0. The Hall–Kier alpha value is 2.03. The second-order valence-corrected chi connectivity index (χ2v) is 0. The first kappa shape index (κ1) is 37.0. The first-order chi connectivity index (χ1) is 0. The molecule has 4 heavy (non-hydrogen) atoms. The summed E-state index contributed by atoms with van der Waals surface area (Å²) in [5.41, 5.74) is 0. The van der Waals surface area contributed by atoms with Crippen molar-refractivity contribution in [1.29, 1.82) is 0 Å². The zero-order chi connectivity index (χ0) is 0. The van der Waals surface area contributed by atoms with Crippen molar-refractivity contribution in [2.45, 2.75) is 0 Å². The van der Waals surface area contributed by atoms with Crippen LogP contribution in [0.5, 0.6) is 0 Å². The second-order valence-electron chi connectivity index (χ2n) is 0. The summed E-state index contributed by atoms with van der Waals surface area (Å²) < 4.78 is 0. The second kappa shape index (κ2) is 19.8. The van der Waals surface area contributed by atoms with Crippen molar-refractivity contribution in [1.82, 2.24) is 0 Å². The van der Waals surface area contributed by atoms with Gasteiger partial charge < -0.3 is 5.48 Å². The molecule has 0 rings (SSSR count). The topological polar surface area (TPSA) is 31.5 Å². The van der Waals surface area contributed by atoms with Crippen LogP contribution in [0.4, 0.5) is 0 Å². The van der Waals surface area contributed by atoms with Gasteiger partial charge in [-0.2, -0.15) is 0 Å². The SMILES string of the molecule is Cl.O.[CaH2].[Fe]. The van der Waals surface area contributed by atoms with Gasteiger partial charge in [0.2, 0.25) is 0 Å². The molecule has 1 nitrogen and oxygen atoms in total. The molecule has 0 radical (unpaired) electrons. The Morgan fingerprint density at radius 3 is 1.00 bits per heavy atom. The van der Waals surface area contributed by atoms with Gasteiger partial charge in [0.1, 0.15) is 0 Å². The van der Waals surface area contributed by atoms with Crippen LogP contribution in [-0.4, -0.2) is 43.2 Å². The van der Waals surface area contributed by atoms with Gasteiger partial charge in [0.05, 0.1) is 0 Å². The maximum Gasteiger partial charge on any atom is 0 e. The van der Waals surface area contributed by atoms with E-state index in [0.717, 1.165) is 0 Å². The van der Waals surface area contributed by atoms with Crippen LogP contribution in [0.15, 0.2) is 0 Å². The molecule has 0 aromatic heterocycles. The molecular weight excluding hydrogens is 147 g/mol. The fourth-order valence-corrected chi connectivity index (χ4v) is 0. The normalized spacial score (nSPS) is 0. The maximum absolute atomic E-state index is 0. The summed E-state index contributed by atoms with van der Waals surface area (Å²) in [5, 5.41) is 0. The Labute approximate surface area is 71.7 Å². The molecule has 0 atom stereocenters. The van der Waals surface area contributed by atoms with Gasteiger partial charge in [-0.15, -0.1) is 12.4 Å². The van der Waals surface area contributed by atoms with Crippen molar-refractivity contribution in [2.75, 3.05) is 0 Å². The summed E-state index contributed by atoms with van der Waals surface area (Å²) >= 11 is 0. The summed E-state index contributed by atoms with van der Waals surface area (Å²) in [7, 11) is 0. The average Bonchev–Trinajstić information content (AvgIpc) is 0. The zero-order valence-corrected chi connectivity index (χ0v) is 3.18. The molecule has 0 aromatic rings. The molecule has 0 fully saturated rings. The Balaban J connectivity index is 0. The van der Waals surface area contributed by atoms with Crippen LogP contribution in [0.1, 0.15) is 0 Å². The van der Waals surface area contributed by atoms with Crippen LogP contribution in [0.25, 0.3) is 0 Å². The fraction of sp³-hybridized carbons (Fsp3) is 0. The quantitative estimate of drug-likeness (QED) is 0.386. The molecule has 0 heterocycles. The van der Waals surface area contributed by atoms with Crippen LogP contribution >= 0.6 is 12.4 Å². The molecule has 0 unspecified atom stereocenters. The van der Waals surface area contributed by atoms with Gasteiger partial charge in [-0.1, -0.05) is 0 Å². The molecule has 0 aliphatic heterocycles. The Kier molecular flexibility index (Phi) is 184. The van der Waals surface area contributed by atoms with E-state index in [1.807, 2.05) is 0 Å². The van der Waals surface area contributed by atoms with E-state index < -0.39 is 0 Å². The van der Waals surface area contributed by atoms with Gasteiger partial charge in [0, 0.05) is 17.1 Å². The van der Waals surface area contributed by atoms with Gasteiger partial charge in [-0.25, -0.2) is 0 Å². The maximum atomic E-state index is 0. The third-order valence-corrected chi connectivity index (χ3v) is 0. The molecule has 0 aliphatic rings. The van der Waals surface area contributed by atoms with Crippen LogP contribution in [0.3, 0.4) is 0 Å². The Morgan fingerprint density at radius 2 is 1.00 bits per heavy atom. The van der Waals surface area contributed by atoms with E-state index in [-0.39, 0.29) is 72.7 Å². The smallest absolute Gasteiger partial charge is 0 e. The van der Waals surface area contributed by atoms with Crippen molar-refractivity contribution in [3.8, 4) is 0 Å². The van der Waals surface area contributed by atoms with Gasteiger partial charge >= 0.3 is 37.7 Å². The number of halogens is 1. The van der Waals surface area contributed by atoms with E-state index in [4.69, 9.17) is 0 Å². The van der Waals surface area contributed by atoms with E-state index in [1.54, 1.807) is 0 Å². The molecule has 2 N–H and O–H groups in total. The van der Waals surface area contributed by atoms with Gasteiger partial charge in [-0.3, -0.25) is 0 Å². The van der Waals surface area contributed by atoms with Crippen LogP contribution in [-0.2, 0) is 17.1 Å². The molecule has 0 saturated heterocycles. The van der Waals surface area contributed by atoms with Crippen molar-refractivity contribution < 1.29 is 22.5 Å². The van der Waals surface area contributed by atoms with Gasteiger partial charge in [0.25, 0.3) is 0 Å². The van der Waals surface area contributed by atoms with Crippen molar-refractivity contribution >= 4 is 50.1 Å². The summed E-state index contributed by atoms with van der Waals surface area (Å²) in [6.45, 7) is 0. The molecule has 0 amide bonds. The van der Waals surface area contributed by atoms with E-state index in [9.17, 15) is 0 Å². The minimum Gasteiger partial charge on any atom is 0 e. The summed E-state index contributed by atoms with van der Waals surface area (Å²) in [4.78, 5) is 0. The molecule has 28 valence electrons. The fourth-order valence-electron chi connectivity index (χ4n) is 0. The predicted octanol–water partition coefficient (Wildman–Crippen LogP) is -1.32. The van der Waals surface area contributed by atoms with E-state index in [1.165, 1.54) is 0 Å². The third kappa shape index (κ3) is 8.98. The van der Waals surface area contributed by atoms with Crippen molar-refractivity contribution in [2.24, 2.45) is 0 Å².